The Morgan fingerprint density at radius 2 is 1.88 bits per heavy atom. The van der Waals surface area contributed by atoms with Crippen LogP contribution in [0.15, 0.2) is 40.9 Å². The number of hydrogen-bond donors (Lipinski definition) is 2. The minimum atomic E-state index is -4.71. The van der Waals surface area contributed by atoms with Gasteiger partial charge in [-0.1, -0.05) is 0 Å². The van der Waals surface area contributed by atoms with Crippen molar-refractivity contribution in [1.82, 2.24) is 5.43 Å². The number of nitrogens with one attached hydrogen (secondary N) is 2. The second-order valence-corrected chi connectivity index (χ2v) is 5.43. The van der Waals surface area contributed by atoms with Crippen LogP contribution in [0.25, 0.3) is 0 Å². The van der Waals surface area contributed by atoms with E-state index in [1.807, 2.05) is 0 Å². The van der Waals surface area contributed by atoms with Crippen molar-refractivity contribution in [2.45, 2.75) is 6.18 Å². The zero-order chi connectivity index (χ0) is 17.9. The summed E-state index contributed by atoms with van der Waals surface area (Å²) >= 11 is 2.91. The summed E-state index contributed by atoms with van der Waals surface area (Å²) in [4.78, 5) is 11.9. The van der Waals surface area contributed by atoms with Crippen molar-refractivity contribution in [2.24, 2.45) is 0 Å². The van der Waals surface area contributed by atoms with Gasteiger partial charge in [0, 0.05) is 5.56 Å². The molecule has 124 valence electrons. The van der Waals surface area contributed by atoms with Crippen molar-refractivity contribution in [3.8, 4) is 6.07 Å². The van der Waals surface area contributed by atoms with Crippen LogP contribution in [-0.2, 0) is 6.18 Å². The summed E-state index contributed by atoms with van der Waals surface area (Å²) < 4.78 is 52.2. The van der Waals surface area contributed by atoms with Gasteiger partial charge in [0.15, 0.2) is 0 Å². The Balaban J connectivity index is 2.21. The molecule has 1 amide bonds. The third-order valence-corrected chi connectivity index (χ3v) is 3.55. The number of carbonyl (C=O) groups excluding carboxylic acids is 1. The molecule has 4 nitrogen and oxygen atoms in total. The molecule has 24 heavy (non-hydrogen) atoms. The standard InChI is InChI=1S/C15H8BrF4N3O/c16-11-6-9(2-3-12(11)17)14(24)23-22-13-4-1-8(7-21)5-10(13)15(18,19)20/h1-6,22H,(H,23,24). The van der Waals surface area contributed by atoms with Gasteiger partial charge in [-0.15, -0.1) is 0 Å². The molecule has 0 saturated heterocycles. The largest absolute Gasteiger partial charge is 0.418 e. The predicted octanol–water partition coefficient (Wildman–Crippen LogP) is 4.24. The molecule has 2 aromatic rings. The van der Waals surface area contributed by atoms with E-state index in [9.17, 15) is 22.4 Å². The van der Waals surface area contributed by atoms with Crippen LogP contribution in [0.3, 0.4) is 0 Å². The molecule has 2 aromatic carbocycles. The molecule has 0 fully saturated rings. The van der Waals surface area contributed by atoms with E-state index in [0.717, 1.165) is 12.1 Å². The van der Waals surface area contributed by atoms with Crippen LogP contribution in [-0.4, -0.2) is 5.91 Å². The quantitative estimate of drug-likeness (QED) is 0.597. The Kier molecular flexibility index (Phi) is 5.09. The second-order valence-electron chi connectivity index (χ2n) is 4.58. The SMILES string of the molecule is N#Cc1ccc(NNC(=O)c2ccc(F)c(Br)c2)c(C(F)(F)F)c1. The summed E-state index contributed by atoms with van der Waals surface area (Å²) in [5.74, 6) is -1.33. The smallest absolute Gasteiger partial charge is 0.298 e. The minimum Gasteiger partial charge on any atom is -0.298 e. The van der Waals surface area contributed by atoms with E-state index in [1.165, 1.54) is 18.2 Å². The molecule has 0 spiro atoms. The lowest BCUT2D eigenvalue weighted by Gasteiger charge is -2.15. The number of amides is 1. The van der Waals surface area contributed by atoms with Crippen molar-refractivity contribution in [3.05, 3.63) is 63.4 Å². The Bertz CT molecular complexity index is 830. The fraction of sp³-hybridized carbons (Fsp3) is 0.0667. The Morgan fingerprint density at radius 1 is 1.17 bits per heavy atom. The molecule has 0 atom stereocenters. The van der Waals surface area contributed by atoms with Gasteiger partial charge in [-0.05, 0) is 52.3 Å². The van der Waals surface area contributed by atoms with Crippen molar-refractivity contribution in [3.63, 3.8) is 0 Å². The fourth-order valence-corrected chi connectivity index (χ4v) is 2.17. The molecule has 0 aliphatic rings. The second kappa shape index (κ2) is 6.88. The van der Waals surface area contributed by atoms with Crippen molar-refractivity contribution >= 4 is 27.5 Å². The maximum Gasteiger partial charge on any atom is 0.418 e. The molecule has 0 bridgehead atoms. The maximum atomic E-state index is 13.1. The van der Waals surface area contributed by atoms with E-state index in [1.54, 1.807) is 6.07 Å². The van der Waals surface area contributed by atoms with Gasteiger partial charge in [-0.3, -0.25) is 15.6 Å². The summed E-state index contributed by atoms with van der Waals surface area (Å²) in [5, 5.41) is 8.69. The number of hydrogen-bond acceptors (Lipinski definition) is 3. The average molecular weight is 402 g/mol. The van der Waals surface area contributed by atoms with E-state index in [0.29, 0.717) is 6.07 Å². The third kappa shape index (κ3) is 4.02. The first-order chi connectivity index (χ1) is 11.2. The lowest BCUT2D eigenvalue weighted by atomic mass is 10.1. The van der Waals surface area contributed by atoms with Crippen molar-refractivity contribution in [2.75, 3.05) is 5.43 Å². The van der Waals surface area contributed by atoms with Crippen LogP contribution in [0.5, 0.6) is 0 Å². The number of nitriles is 1. The van der Waals surface area contributed by atoms with Crippen molar-refractivity contribution in [1.29, 1.82) is 5.26 Å². The van der Waals surface area contributed by atoms with Crippen LogP contribution in [0.1, 0.15) is 21.5 Å². The van der Waals surface area contributed by atoms with Gasteiger partial charge >= 0.3 is 6.18 Å². The summed E-state index contributed by atoms with van der Waals surface area (Å²) in [6, 6.07) is 7.91. The third-order valence-electron chi connectivity index (χ3n) is 2.95. The normalized spacial score (nSPS) is 10.8. The first-order valence-electron chi connectivity index (χ1n) is 6.35. The number of hydrazine groups is 1. The van der Waals surface area contributed by atoms with Gasteiger partial charge in [0.25, 0.3) is 5.91 Å². The molecule has 0 radical (unpaired) electrons. The number of halogens is 5. The number of alkyl halides is 3. The molecule has 9 heteroatoms. The molecule has 0 saturated carbocycles. The van der Waals surface area contributed by atoms with Crippen LogP contribution < -0.4 is 10.9 Å². The van der Waals surface area contributed by atoms with Crippen LogP contribution >= 0.6 is 15.9 Å². The maximum absolute atomic E-state index is 13.1. The zero-order valence-electron chi connectivity index (χ0n) is 11.7. The number of rotatable bonds is 3. The molecule has 0 heterocycles. The van der Waals surface area contributed by atoms with Gasteiger partial charge in [0.2, 0.25) is 0 Å². The van der Waals surface area contributed by atoms with Crippen LogP contribution in [0.4, 0.5) is 23.2 Å². The highest BCUT2D eigenvalue weighted by atomic mass is 79.9. The Hall–Kier alpha value is -2.60. The van der Waals surface area contributed by atoms with E-state index in [4.69, 9.17) is 5.26 Å². The van der Waals surface area contributed by atoms with Gasteiger partial charge in [-0.25, -0.2) is 4.39 Å². The predicted molar refractivity (Wildman–Crippen MR) is 81.3 cm³/mol. The van der Waals surface area contributed by atoms with Crippen molar-refractivity contribution < 1.29 is 22.4 Å². The van der Waals surface area contributed by atoms with Gasteiger partial charge in [-0.2, -0.15) is 18.4 Å². The zero-order valence-corrected chi connectivity index (χ0v) is 13.3. The van der Waals surface area contributed by atoms with E-state index in [-0.39, 0.29) is 15.6 Å². The summed E-state index contributed by atoms with van der Waals surface area (Å²) in [7, 11) is 0. The summed E-state index contributed by atoms with van der Waals surface area (Å²) in [6.45, 7) is 0. The molecule has 0 aromatic heterocycles. The van der Waals surface area contributed by atoms with Gasteiger partial charge < -0.3 is 0 Å². The Labute approximate surface area is 142 Å². The summed E-state index contributed by atoms with van der Waals surface area (Å²) in [6.07, 6.45) is -4.71. The molecule has 0 aliphatic heterocycles. The monoisotopic (exact) mass is 401 g/mol. The first kappa shape index (κ1) is 17.7. The van der Waals surface area contributed by atoms with Crippen LogP contribution in [0.2, 0.25) is 0 Å². The summed E-state index contributed by atoms with van der Waals surface area (Å²) in [5.41, 5.74) is 2.62. The fourth-order valence-electron chi connectivity index (χ4n) is 1.79. The molecular formula is C15H8BrF4N3O. The lowest BCUT2D eigenvalue weighted by molar-refractivity contribution is -0.137. The van der Waals surface area contributed by atoms with E-state index < -0.39 is 29.2 Å². The molecule has 0 aliphatic carbocycles. The van der Waals surface area contributed by atoms with E-state index >= 15 is 0 Å². The first-order valence-corrected chi connectivity index (χ1v) is 7.14. The number of benzene rings is 2. The Morgan fingerprint density at radius 3 is 2.46 bits per heavy atom. The number of anilines is 1. The van der Waals surface area contributed by atoms with Gasteiger partial charge in [0.1, 0.15) is 5.82 Å². The molecule has 2 rings (SSSR count). The molecular weight excluding hydrogens is 394 g/mol. The highest BCUT2D eigenvalue weighted by molar-refractivity contribution is 9.10. The van der Waals surface area contributed by atoms with Crippen LogP contribution in [0, 0.1) is 17.1 Å². The average Bonchev–Trinajstić information content (AvgIpc) is 2.54. The topological polar surface area (TPSA) is 64.9 Å². The highest BCUT2D eigenvalue weighted by Gasteiger charge is 2.34. The molecule has 2 N–H and O–H groups in total. The highest BCUT2D eigenvalue weighted by Crippen LogP contribution is 2.35. The number of nitrogens with zero attached hydrogens (tertiary/aromatic N) is 1. The van der Waals surface area contributed by atoms with E-state index in [2.05, 4.69) is 26.8 Å². The molecule has 0 unspecified atom stereocenters. The minimum absolute atomic E-state index is 0.0398. The number of carbonyl (C=O) groups is 1. The van der Waals surface area contributed by atoms with Gasteiger partial charge in [0.05, 0.1) is 27.4 Å². The lowest BCUT2D eigenvalue weighted by Crippen LogP contribution is -2.30.